The number of benzene rings is 1. The highest BCUT2D eigenvalue weighted by Gasteiger charge is 2.49. The normalized spacial score (nSPS) is 33.9. The maximum atomic E-state index is 13.0. The van der Waals surface area contributed by atoms with Gasteiger partial charge in [0.2, 0.25) is 15.9 Å². The number of piperidine rings is 1. The summed E-state index contributed by atoms with van der Waals surface area (Å²) in [6.45, 7) is 0.726. The Bertz CT molecular complexity index is 930. The molecule has 1 aromatic rings. The Labute approximate surface area is 178 Å². The van der Waals surface area contributed by atoms with Crippen molar-refractivity contribution in [1.82, 2.24) is 9.62 Å². The molecule has 0 radical (unpaired) electrons. The smallest absolute Gasteiger partial charge is 0.243 e. The first kappa shape index (κ1) is 20.0. The Morgan fingerprint density at radius 1 is 0.967 bits per heavy atom. The van der Waals surface area contributed by atoms with Gasteiger partial charge in [0.15, 0.2) is 0 Å². The standard InChI is InChI=1S/C23H29N3O3S/c24-14-15-1-3-21(4-2-15)30(28,29)26-7-5-18(6-8-26)23(27)25-22-19-10-16-9-17(12-19)13-20(22)11-16/h1-4,16-20,22H,5-13H2,(H,25,27). The van der Waals surface area contributed by atoms with Gasteiger partial charge in [0.05, 0.1) is 16.5 Å². The Balaban J connectivity index is 1.18. The number of amides is 1. The van der Waals surface area contributed by atoms with Crippen LogP contribution in [0.25, 0.3) is 0 Å². The van der Waals surface area contributed by atoms with Gasteiger partial charge in [-0.25, -0.2) is 8.42 Å². The molecule has 5 fully saturated rings. The summed E-state index contributed by atoms with van der Waals surface area (Å²) in [7, 11) is -3.58. The molecular weight excluding hydrogens is 398 g/mol. The van der Waals surface area contributed by atoms with Gasteiger partial charge in [0, 0.05) is 25.0 Å². The van der Waals surface area contributed by atoms with Gasteiger partial charge in [-0.1, -0.05) is 0 Å². The predicted octanol–water partition coefficient (Wildman–Crippen LogP) is 2.90. The van der Waals surface area contributed by atoms with E-state index in [4.69, 9.17) is 5.26 Å². The van der Waals surface area contributed by atoms with E-state index in [2.05, 4.69) is 5.32 Å². The van der Waals surface area contributed by atoms with Crippen molar-refractivity contribution in [3.63, 3.8) is 0 Å². The molecule has 0 unspecified atom stereocenters. The Morgan fingerprint density at radius 2 is 1.53 bits per heavy atom. The number of nitriles is 1. The molecule has 5 aliphatic rings. The van der Waals surface area contributed by atoms with Crippen LogP contribution in [0.15, 0.2) is 29.2 Å². The summed E-state index contributed by atoms with van der Waals surface area (Å²) in [5.74, 6) is 3.11. The van der Waals surface area contributed by atoms with Crippen LogP contribution in [-0.4, -0.2) is 37.8 Å². The first-order valence-electron chi connectivity index (χ1n) is 11.2. The van der Waals surface area contributed by atoms with Crippen LogP contribution in [0.3, 0.4) is 0 Å². The highest BCUT2D eigenvalue weighted by atomic mass is 32.2. The molecule has 4 aliphatic carbocycles. The lowest BCUT2D eigenvalue weighted by Gasteiger charge is -2.54. The first-order valence-corrected chi connectivity index (χ1v) is 12.7. The van der Waals surface area contributed by atoms with Crippen molar-refractivity contribution in [1.29, 1.82) is 5.26 Å². The first-order chi connectivity index (χ1) is 14.4. The van der Waals surface area contributed by atoms with Crippen LogP contribution in [0.1, 0.15) is 50.5 Å². The number of sulfonamides is 1. The number of rotatable bonds is 4. The molecule has 1 aromatic carbocycles. The van der Waals surface area contributed by atoms with Crippen molar-refractivity contribution >= 4 is 15.9 Å². The molecule has 6 nitrogen and oxygen atoms in total. The number of nitrogens with zero attached hydrogens (tertiary/aromatic N) is 2. The molecule has 0 atom stereocenters. The number of nitrogens with one attached hydrogen (secondary N) is 1. The van der Waals surface area contributed by atoms with Crippen molar-refractivity contribution in [2.24, 2.45) is 29.6 Å². The van der Waals surface area contributed by atoms with E-state index in [0.717, 1.165) is 11.8 Å². The van der Waals surface area contributed by atoms with Crippen LogP contribution in [0.2, 0.25) is 0 Å². The molecular formula is C23H29N3O3S. The summed E-state index contributed by atoms with van der Waals surface area (Å²) in [5, 5.41) is 12.3. The van der Waals surface area contributed by atoms with E-state index in [1.165, 1.54) is 60.7 Å². The molecule has 6 rings (SSSR count). The Morgan fingerprint density at radius 3 is 2.07 bits per heavy atom. The Kier molecular flexibility index (Phi) is 5.11. The van der Waals surface area contributed by atoms with Crippen LogP contribution >= 0.6 is 0 Å². The predicted molar refractivity (Wildman–Crippen MR) is 112 cm³/mol. The third kappa shape index (κ3) is 3.54. The average molecular weight is 428 g/mol. The van der Waals surface area contributed by atoms with Gasteiger partial charge in [-0.2, -0.15) is 9.57 Å². The number of carbonyl (C=O) groups excluding carboxylic acids is 1. The van der Waals surface area contributed by atoms with Crippen molar-refractivity contribution in [3.8, 4) is 6.07 Å². The maximum Gasteiger partial charge on any atom is 0.243 e. The van der Waals surface area contributed by atoms with Gasteiger partial charge in [-0.05, 0) is 92.9 Å². The number of carbonyl (C=O) groups is 1. The van der Waals surface area contributed by atoms with Crippen molar-refractivity contribution in [2.45, 2.75) is 55.9 Å². The molecule has 0 aromatic heterocycles. The summed E-state index contributed by atoms with van der Waals surface area (Å²) in [4.78, 5) is 13.2. The van der Waals surface area contributed by atoms with Gasteiger partial charge in [-0.15, -0.1) is 0 Å². The summed E-state index contributed by atoms with van der Waals surface area (Å²) in [6, 6.07) is 8.36. The van der Waals surface area contributed by atoms with Crippen LogP contribution in [0, 0.1) is 40.9 Å². The minimum Gasteiger partial charge on any atom is -0.353 e. The molecule has 1 amide bonds. The van der Waals surface area contributed by atoms with Gasteiger partial charge in [0.1, 0.15) is 0 Å². The molecule has 30 heavy (non-hydrogen) atoms. The van der Waals surface area contributed by atoms with Crippen LogP contribution < -0.4 is 5.32 Å². The maximum absolute atomic E-state index is 13.0. The van der Waals surface area contributed by atoms with Gasteiger partial charge in [0.25, 0.3) is 0 Å². The van der Waals surface area contributed by atoms with Gasteiger partial charge >= 0.3 is 0 Å². The fourth-order valence-electron chi connectivity index (χ4n) is 6.65. The lowest BCUT2D eigenvalue weighted by Crippen LogP contribution is -2.57. The van der Waals surface area contributed by atoms with E-state index >= 15 is 0 Å². The number of hydrogen-bond acceptors (Lipinski definition) is 4. The zero-order chi connectivity index (χ0) is 20.9. The fraction of sp³-hybridized carbons (Fsp3) is 0.652. The summed E-state index contributed by atoms with van der Waals surface area (Å²) in [6.07, 6.45) is 7.64. The molecule has 7 heteroatoms. The molecule has 0 spiro atoms. The van der Waals surface area contributed by atoms with Crippen LogP contribution in [0.5, 0.6) is 0 Å². The van der Waals surface area contributed by atoms with Crippen LogP contribution in [0.4, 0.5) is 0 Å². The second-order valence-electron chi connectivity index (χ2n) is 9.78. The molecule has 1 heterocycles. The third-order valence-electron chi connectivity index (χ3n) is 7.98. The van der Waals surface area contributed by atoms with Crippen molar-refractivity contribution in [3.05, 3.63) is 29.8 Å². The summed E-state index contributed by atoms with van der Waals surface area (Å²) < 4.78 is 27.3. The van der Waals surface area contributed by atoms with E-state index in [1.54, 1.807) is 0 Å². The molecule has 1 aliphatic heterocycles. The molecule has 1 saturated heterocycles. The van der Waals surface area contributed by atoms with E-state index in [0.29, 0.717) is 49.4 Å². The average Bonchev–Trinajstić information content (AvgIpc) is 2.75. The molecule has 4 bridgehead atoms. The van der Waals surface area contributed by atoms with Gasteiger partial charge < -0.3 is 5.32 Å². The lowest BCUT2D eigenvalue weighted by molar-refractivity contribution is -0.130. The van der Waals surface area contributed by atoms with E-state index < -0.39 is 10.0 Å². The van der Waals surface area contributed by atoms with E-state index in [-0.39, 0.29) is 16.7 Å². The second kappa shape index (κ2) is 7.65. The largest absolute Gasteiger partial charge is 0.353 e. The van der Waals surface area contributed by atoms with Crippen molar-refractivity contribution in [2.75, 3.05) is 13.1 Å². The number of hydrogen-bond donors (Lipinski definition) is 1. The lowest BCUT2D eigenvalue weighted by atomic mass is 9.54. The minimum absolute atomic E-state index is 0.102. The van der Waals surface area contributed by atoms with Gasteiger partial charge in [-0.3, -0.25) is 4.79 Å². The highest BCUT2D eigenvalue weighted by molar-refractivity contribution is 7.89. The molecule has 160 valence electrons. The van der Waals surface area contributed by atoms with E-state index in [9.17, 15) is 13.2 Å². The van der Waals surface area contributed by atoms with E-state index in [1.807, 2.05) is 6.07 Å². The molecule has 1 N–H and O–H groups in total. The monoisotopic (exact) mass is 427 g/mol. The molecule has 4 saturated carbocycles. The summed E-state index contributed by atoms with van der Waals surface area (Å²) in [5.41, 5.74) is 0.439. The third-order valence-corrected chi connectivity index (χ3v) is 9.89. The zero-order valence-corrected chi connectivity index (χ0v) is 18.0. The fourth-order valence-corrected chi connectivity index (χ4v) is 8.12. The topological polar surface area (TPSA) is 90.3 Å². The zero-order valence-electron chi connectivity index (χ0n) is 17.2. The summed E-state index contributed by atoms with van der Waals surface area (Å²) >= 11 is 0. The highest BCUT2D eigenvalue weighted by Crippen LogP contribution is 2.53. The Hall–Kier alpha value is -1.91. The quantitative estimate of drug-likeness (QED) is 0.800. The second-order valence-corrected chi connectivity index (χ2v) is 11.7. The van der Waals surface area contributed by atoms with Crippen LogP contribution in [-0.2, 0) is 14.8 Å². The minimum atomic E-state index is -3.58. The van der Waals surface area contributed by atoms with Crippen molar-refractivity contribution < 1.29 is 13.2 Å². The SMILES string of the molecule is N#Cc1ccc(S(=O)(=O)N2CCC(C(=O)NC3C4CC5CC(C4)CC3C5)CC2)cc1.